The van der Waals surface area contributed by atoms with E-state index in [-0.39, 0.29) is 16.8 Å². The Bertz CT molecular complexity index is 926. The molecule has 5 nitrogen and oxygen atoms in total. The molecule has 3 rings (SSSR count). The Kier molecular flexibility index (Phi) is 5.50. The first kappa shape index (κ1) is 19.1. The van der Waals surface area contributed by atoms with Crippen molar-refractivity contribution in [3.8, 4) is 0 Å². The molecule has 2 aromatic carbocycles. The Balaban J connectivity index is 1.68. The number of carbonyl (C=O) groups is 1. The fourth-order valence-corrected chi connectivity index (χ4v) is 4.44. The van der Waals surface area contributed by atoms with Crippen LogP contribution in [0.5, 0.6) is 0 Å². The summed E-state index contributed by atoms with van der Waals surface area (Å²) in [6.07, 6.45) is 1.82. The molecule has 1 amide bonds. The van der Waals surface area contributed by atoms with E-state index >= 15 is 0 Å². The van der Waals surface area contributed by atoms with E-state index in [2.05, 4.69) is 33.6 Å². The van der Waals surface area contributed by atoms with Gasteiger partial charge in [-0.3, -0.25) is 4.79 Å². The molecule has 0 aromatic heterocycles. The number of rotatable bonds is 5. The van der Waals surface area contributed by atoms with E-state index in [4.69, 9.17) is 0 Å². The number of sulfonamides is 1. The molecule has 1 N–H and O–H groups in total. The number of anilines is 1. The summed E-state index contributed by atoms with van der Waals surface area (Å²) >= 11 is 3.48. The molecule has 1 unspecified atom stereocenters. The number of carbonyl (C=O) groups excluding carboxylic acids is 1. The van der Waals surface area contributed by atoms with Crippen LogP contribution in [-0.4, -0.2) is 27.4 Å². The summed E-state index contributed by atoms with van der Waals surface area (Å²) in [4.78, 5) is 14.9. The quantitative estimate of drug-likeness (QED) is 0.781. The number of amides is 1. The summed E-state index contributed by atoms with van der Waals surface area (Å²) in [7, 11) is -2.05. The first-order chi connectivity index (χ1) is 12.3. The average Bonchev–Trinajstić information content (AvgIpc) is 2.94. The van der Waals surface area contributed by atoms with Gasteiger partial charge >= 0.3 is 0 Å². The SMILES string of the molecule is CNS(=O)(=O)c1ccc(CCC(=O)N2c3ccc(Br)cc3CC2C)cc1. The molecule has 0 saturated heterocycles. The van der Waals surface area contributed by atoms with E-state index in [1.54, 1.807) is 24.3 Å². The van der Waals surface area contributed by atoms with E-state index < -0.39 is 10.0 Å². The zero-order valence-electron chi connectivity index (χ0n) is 14.7. The molecule has 26 heavy (non-hydrogen) atoms. The second kappa shape index (κ2) is 7.50. The predicted molar refractivity (Wildman–Crippen MR) is 106 cm³/mol. The molecule has 138 valence electrons. The highest BCUT2D eigenvalue weighted by atomic mass is 79.9. The fraction of sp³-hybridized carbons (Fsp3) is 0.316. The lowest BCUT2D eigenvalue weighted by Gasteiger charge is -2.23. The van der Waals surface area contributed by atoms with Gasteiger partial charge in [-0.15, -0.1) is 0 Å². The van der Waals surface area contributed by atoms with E-state index in [9.17, 15) is 13.2 Å². The molecule has 0 bridgehead atoms. The topological polar surface area (TPSA) is 66.5 Å². The monoisotopic (exact) mass is 436 g/mol. The van der Waals surface area contributed by atoms with Gasteiger partial charge in [0.1, 0.15) is 0 Å². The van der Waals surface area contributed by atoms with Crippen molar-refractivity contribution in [2.45, 2.75) is 37.1 Å². The third-order valence-corrected chi connectivity index (χ3v) is 6.58. The number of hydrogen-bond donors (Lipinski definition) is 1. The van der Waals surface area contributed by atoms with Crippen molar-refractivity contribution in [3.05, 3.63) is 58.1 Å². The first-order valence-corrected chi connectivity index (χ1v) is 10.7. The largest absolute Gasteiger partial charge is 0.309 e. The van der Waals surface area contributed by atoms with Crippen LogP contribution >= 0.6 is 15.9 Å². The summed E-state index contributed by atoms with van der Waals surface area (Å²) in [6.45, 7) is 2.06. The van der Waals surface area contributed by atoms with Crippen LogP contribution in [0.15, 0.2) is 51.8 Å². The lowest BCUT2D eigenvalue weighted by molar-refractivity contribution is -0.118. The van der Waals surface area contributed by atoms with Gasteiger partial charge in [0, 0.05) is 22.6 Å². The highest BCUT2D eigenvalue weighted by Crippen LogP contribution is 2.34. The Labute approximate surface area is 162 Å². The van der Waals surface area contributed by atoms with Gasteiger partial charge < -0.3 is 4.90 Å². The molecule has 0 radical (unpaired) electrons. The van der Waals surface area contributed by atoms with Gasteiger partial charge in [-0.05, 0) is 68.3 Å². The standard InChI is InChI=1S/C19H21BrN2O3S/c1-13-11-15-12-16(20)6-9-18(15)22(13)19(23)10-5-14-3-7-17(8-4-14)26(24,25)21-2/h3-4,6-9,12-13,21H,5,10-11H2,1-2H3. The molecule has 7 heteroatoms. The minimum Gasteiger partial charge on any atom is -0.309 e. The number of halogens is 1. The van der Waals surface area contributed by atoms with Gasteiger partial charge in [-0.1, -0.05) is 28.1 Å². The van der Waals surface area contributed by atoms with Crippen LogP contribution in [-0.2, 0) is 27.7 Å². The number of aryl methyl sites for hydroxylation is 1. The van der Waals surface area contributed by atoms with Gasteiger partial charge in [0.25, 0.3) is 0 Å². The molecule has 1 atom stereocenters. The van der Waals surface area contributed by atoms with Crippen LogP contribution in [0.3, 0.4) is 0 Å². The van der Waals surface area contributed by atoms with Crippen LogP contribution in [0.25, 0.3) is 0 Å². The normalized spacial score (nSPS) is 16.6. The molecule has 0 fully saturated rings. The molecular formula is C19H21BrN2O3S. The van der Waals surface area contributed by atoms with Gasteiger partial charge in [0.2, 0.25) is 15.9 Å². The summed E-state index contributed by atoms with van der Waals surface area (Å²) in [5.74, 6) is 0.0884. The Hall–Kier alpha value is -1.70. The molecular weight excluding hydrogens is 416 g/mol. The Morgan fingerprint density at radius 2 is 1.92 bits per heavy atom. The van der Waals surface area contributed by atoms with Crippen LogP contribution < -0.4 is 9.62 Å². The number of benzene rings is 2. The van der Waals surface area contributed by atoms with Crippen LogP contribution in [0.2, 0.25) is 0 Å². The van der Waals surface area contributed by atoms with Crippen molar-refractivity contribution in [2.24, 2.45) is 0 Å². The maximum absolute atomic E-state index is 12.8. The maximum Gasteiger partial charge on any atom is 0.240 e. The van der Waals surface area contributed by atoms with Crippen LogP contribution in [0, 0.1) is 0 Å². The van der Waals surface area contributed by atoms with Crippen LogP contribution in [0.4, 0.5) is 5.69 Å². The molecule has 1 aliphatic rings. The summed E-state index contributed by atoms with van der Waals surface area (Å²) in [5.41, 5.74) is 3.11. The Morgan fingerprint density at radius 1 is 1.23 bits per heavy atom. The smallest absolute Gasteiger partial charge is 0.240 e. The van der Waals surface area contributed by atoms with Crippen molar-refractivity contribution in [1.82, 2.24) is 4.72 Å². The summed E-state index contributed by atoms with van der Waals surface area (Å²) in [6, 6.07) is 12.8. The zero-order valence-corrected chi connectivity index (χ0v) is 17.1. The first-order valence-electron chi connectivity index (χ1n) is 8.45. The molecule has 0 saturated carbocycles. The number of hydrogen-bond acceptors (Lipinski definition) is 3. The molecule has 1 aliphatic heterocycles. The summed E-state index contributed by atoms with van der Waals surface area (Å²) in [5, 5.41) is 0. The second-order valence-corrected chi connectivity index (χ2v) is 9.24. The highest BCUT2D eigenvalue weighted by Gasteiger charge is 2.30. The second-order valence-electron chi connectivity index (χ2n) is 6.44. The van der Waals surface area contributed by atoms with Crippen molar-refractivity contribution in [3.63, 3.8) is 0 Å². The van der Waals surface area contributed by atoms with Gasteiger partial charge in [-0.25, -0.2) is 13.1 Å². The molecule has 2 aromatic rings. The summed E-state index contributed by atoms with van der Waals surface area (Å²) < 4.78 is 26.8. The number of nitrogens with zero attached hydrogens (tertiary/aromatic N) is 1. The van der Waals surface area contributed by atoms with Crippen molar-refractivity contribution < 1.29 is 13.2 Å². The third kappa shape index (κ3) is 3.84. The average molecular weight is 437 g/mol. The molecule has 1 heterocycles. The molecule has 0 aliphatic carbocycles. The van der Waals surface area contributed by atoms with Crippen molar-refractivity contribution in [2.75, 3.05) is 11.9 Å². The Morgan fingerprint density at radius 3 is 2.58 bits per heavy atom. The predicted octanol–water partition coefficient (Wildman–Crippen LogP) is 3.27. The fourth-order valence-electron chi connectivity index (χ4n) is 3.30. The van der Waals surface area contributed by atoms with Crippen LogP contribution in [0.1, 0.15) is 24.5 Å². The van der Waals surface area contributed by atoms with Gasteiger partial charge in [0.05, 0.1) is 4.90 Å². The van der Waals surface area contributed by atoms with E-state index in [1.165, 1.54) is 12.6 Å². The van der Waals surface area contributed by atoms with E-state index in [0.29, 0.717) is 12.8 Å². The number of fused-ring (bicyclic) bond motifs is 1. The van der Waals surface area contributed by atoms with E-state index in [0.717, 1.165) is 22.1 Å². The van der Waals surface area contributed by atoms with Gasteiger partial charge in [-0.2, -0.15) is 0 Å². The van der Waals surface area contributed by atoms with Crippen molar-refractivity contribution in [1.29, 1.82) is 0 Å². The minimum absolute atomic E-state index is 0.0884. The van der Waals surface area contributed by atoms with E-state index in [1.807, 2.05) is 17.0 Å². The molecule has 0 spiro atoms. The minimum atomic E-state index is -3.43. The van der Waals surface area contributed by atoms with Crippen molar-refractivity contribution >= 4 is 37.5 Å². The third-order valence-electron chi connectivity index (χ3n) is 4.66. The lowest BCUT2D eigenvalue weighted by atomic mass is 10.1. The number of nitrogens with one attached hydrogen (secondary N) is 1. The lowest BCUT2D eigenvalue weighted by Crippen LogP contribution is -2.35. The zero-order chi connectivity index (χ0) is 18.9. The van der Waals surface area contributed by atoms with Gasteiger partial charge in [0.15, 0.2) is 0 Å². The maximum atomic E-state index is 12.8. The highest BCUT2D eigenvalue weighted by molar-refractivity contribution is 9.10.